The third kappa shape index (κ3) is 3.42. The van der Waals surface area contributed by atoms with Gasteiger partial charge in [-0.15, -0.1) is 0 Å². The molecule has 1 fully saturated rings. The largest absolute Gasteiger partial charge is 0.491 e. The number of ether oxygens (including phenoxy) is 2. The van der Waals surface area contributed by atoms with Crippen LogP contribution in [0.25, 0.3) is 0 Å². The van der Waals surface area contributed by atoms with Gasteiger partial charge >= 0.3 is 5.97 Å². The maximum Gasteiger partial charge on any atom is 0.354 e. The minimum atomic E-state index is -1.05. The lowest BCUT2D eigenvalue weighted by molar-refractivity contribution is -0.0111. The standard InChI is InChI=1S/C12H15NO4/c14-12(15)11-7-9(4-5-13-11)17-8-10-3-1-2-6-16-10/h4-5,7,10H,1-3,6,8H2,(H,14,15). The summed E-state index contributed by atoms with van der Waals surface area (Å²) >= 11 is 0. The molecule has 1 aromatic rings. The van der Waals surface area contributed by atoms with Crippen LogP contribution < -0.4 is 4.74 Å². The normalized spacial score (nSPS) is 19.9. The fourth-order valence-electron chi connectivity index (χ4n) is 1.75. The summed E-state index contributed by atoms with van der Waals surface area (Å²) in [5.41, 5.74) is -0.00735. The smallest absolute Gasteiger partial charge is 0.354 e. The molecular formula is C12H15NO4. The van der Waals surface area contributed by atoms with Crippen molar-refractivity contribution >= 4 is 5.97 Å². The molecule has 92 valence electrons. The third-order valence-electron chi connectivity index (χ3n) is 2.66. The van der Waals surface area contributed by atoms with Gasteiger partial charge in [0.25, 0.3) is 0 Å². The molecule has 0 radical (unpaired) electrons. The molecule has 0 amide bonds. The van der Waals surface area contributed by atoms with E-state index in [2.05, 4.69) is 4.98 Å². The number of carbonyl (C=O) groups is 1. The van der Waals surface area contributed by atoms with Gasteiger partial charge < -0.3 is 14.6 Å². The molecule has 1 aliphatic rings. The Morgan fingerprint density at radius 3 is 3.18 bits per heavy atom. The van der Waals surface area contributed by atoms with Gasteiger partial charge in [0.1, 0.15) is 12.4 Å². The van der Waals surface area contributed by atoms with Crippen LogP contribution in [-0.4, -0.2) is 35.4 Å². The molecule has 1 saturated heterocycles. The van der Waals surface area contributed by atoms with Crippen LogP contribution >= 0.6 is 0 Å². The fourth-order valence-corrected chi connectivity index (χ4v) is 1.75. The summed E-state index contributed by atoms with van der Waals surface area (Å²) in [7, 11) is 0. The van der Waals surface area contributed by atoms with E-state index >= 15 is 0 Å². The minimum absolute atomic E-state index is 0.00735. The number of aromatic nitrogens is 1. The van der Waals surface area contributed by atoms with Crippen LogP contribution in [0.15, 0.2) is 18.3 Å². The van der Waals surface area contributed by atoms with Crippen LogP contribution in [0.4, 0.5) is 0 Å². The van der Waals surface area contributed by atoms with E-state index in [1.54, 1.807) is 6.07 Å². The number of hydrogen-bond acceptors (Lipinski definition) is 4. The predicted molar refractivity (Wildman–Crippen MR) is 60.3 cm³/mol. The molecule has 2 heterocycles. The monoisotopic (exact) mass is 237 g/mol. The number of hydrogen-bond donors (Lipinski definition) is 1. The highest BCUT2D eigenvalue weighted by Gasteiger charge is 2.14. The summed E-state index contributed by atoms with van der Waals surface area (Å²) in [6, 6.07) is 3.07. The van der Waals surface area contributed by atoms with Crippen molar-refractivity contribution in [3.05, 3.63) is 24.0 Å². The van der Waals surface area contributed by atoms with Crippen molar-refractivity contribution in [2.45, 2.75) is 25.4 Å². The van der Waals surface area contributed by atoms with Crippen molar-refractivity contribution < 1.29 is 19.4 Å². The van der Waals surface area contributed by atoms with Gasteiger partial charge in [-0.25, -0.2) is 9.78 Å². The van der Waals surface area contributed by atoms with Crippen molar-refractivity contribution in [1.82, 2.24) is 4.98 Å². The van der Waals surface area contributed by atoms with Crippen molar-refractivity contribution in [3.63, 3.8) is 0 Å². The molecule has 1 unspecified atom stereocenters. The van der Waals surface area contributed by atoms with E-state index in [0.29, 0.717) is 12.4 Å². The highest BCUT2D eigenvalue weighted by molar-refractivity contribution is 5.85. The topological polar surface area (TPSA) is 68.7 Å². The Kier molecular flexibility index (Phi) is 3.93. The number of aromatic carboxylic acids is 1. The zero-order valence-electron chi connectivity index (χ0n) is 9.46. The molecule has 2 rings (SSSR count). The first-order valence-electron chi connectivity index (χ1n) is 5.69. The summed E-state index contributed by atoms with van der Waals surface area (Å²) in [5, 5.41) is 8.78. The predicted octanol–water partition coefficient (Wildman–Crippen LogP) is 1.73. The summed E-state index contributed by atoms with van der Waals surface area (Å²) in [6.45, 7) is 1.24. The molecule has 0 aliphatic carbocycles. The van der Waals surface area contributed by atoms with Crippen LogP contribution in [0.5, 0.6) is 5.75 Å². The maximum absolute atomic E-state index is 10.7. The SMILES string of the molecule is O=C(O)c1cc(OCC2CCCCO2)ccn1. The van der Waals surface area contributed by atoms with E-state index in [4.69, 9.17) is 14.6 Å². The molecular weight excluding hydrogens is 222 g/mol. The molecule has 1 atom stereocenters. The van der Waals surface area contributed by atoms with Gasteiger partial charge in [0, 0.05) is 18.9 Å². The van der Waals surface area contributed by atoms with Crippen molar-refractivity contribution in [2.75, 3.05) is 13.2 Å². The quantitative estimate of drug-likeness (QED) is 0.863. The number of nitrogens with zero attached hydrogens (tertiary/aromatic N) is 1. The van der Waals surface area contributed by atoms with Gasteiger partial charge in [-0.3, -0.25) is 0 Å². The number of pyridine rings is 1. The van der Waals surface area contributed by atoms with Crippen molar-refractivity contribution in [1.29, 1.82) is 0 Å². The summed E-state index contributed by atoms with van der Waals surface area (Å²) < 4.78 is 11.0. The Morgan fingerprint density at radius 1 is 1.59 bits per heavy atom. The lowest BCUT2D eigenvalue weighted by Gasteiger charge is -2.22. The molecule has 1 aliphatic heterocycles. The Morgan fingerprint density at radius 2 is 2.47 bits per heavy atom. The van der Waals surface area contributed by atoms with E-state index in [-0.39, 0.29) is 11.8 Å². The molecule has 5 heteroatoms. The van der Waals surface area contributed by atoms with Crippen LogP contribution in [0.2, 0.25) is 0 Å². The number of carboxylic acid groups (broad SMARTS) is 1. The van der Waals surface area contributed by atoms with Crippen LogP contribution in [0.1, 0.15) is 29.8 Å². The van der Waals surface area contributed by atoms with E-state index in [9.17, 15) is 4.79 Å². The minimum Gasteiger partial charge on any atom is -0.491 e. The zero-order chi connectivity index (χ0) is 12.1. The Balaban J connectivity index is 1.89. The molecule has 0 bridgehead atoms. The Hall–Kier alpha value is -1.62. The van der Waals surface area contributed by atoms with Crippen LogP contribution in [0, 0.1) is 0 Å². The first-order chi connectivity index (χ1) is 8.25. The molecule has 1 aromatic heterocycles. The zero-order valence-corrected chi connectivity index (χ0v) is 9.46. The average molecular weight is 237 g/mol. The van der Waals surface area contributed by atoms with Gasteiger partial charge in [0.2, 0.25) is 0 Å². The Bertz CT molecular complexity index is 388. The van der Waals surface area contributed by atoms with Gasteiger partial charge in [0.05, 0.1) is 6.10 Å². The molecule has 5 nitrogen and oxygen atoms in total. The average Bonchev–Trinajstić information content (AvgIpc) is 2.38. The van der Waals surface area contributed by atoms with Gasteiger partial charge in [-0.1, -0.05) is 0 Å². The highest BCUT2D eigenvalue weighted by atomic mass is 16.5. The second-order valence-corrected chi connectivity index (χ2v) is 3.98. The molecule has 0 saturated carbocycles. The lowest BCUT2D eigenvalue weighted by Crippen LogP contribution is -2.25. The molecule has 0 spiro atoms. The second kappa shape index (κ2) is 5.63. The maximum atomic E-state index is 10.7. The third-order valence-corrected chi connectivity index (χ3v) is 2.66. The van der Waals surface area contributed by atoms with Crippen LogP contribution in [-0.2, 0) is 4.74 Å². The second-order valence-electron chi connectivity index (χ2n) is 3.98. The highest BCUT2D eigenvalue weighted by Crippen LogP contribution is 2.16. The van der Waals surface area contributed by atoms with E-state index in [1.165, 1.54) is 12.3 Å². The van der Waals surface area contributed by atoms with Crippen LogP contribution in [0.3, 0.4) is 0 Å². The van der Waals surface area contributed by atoms with E-state index < -0.39 is 5.97 Å². The first-order valence-corrected chi connectivity index (χ1v) is 5.69. The molecule has 1 N–H and O–H groups in total. The summed E-state index contributed by atoms with van der Waals surface area (Å²) in [5.74, 6) is -0.532. The van der Waals surface area contributed by atoms with Gasteiger partial charge in [0.15, 0.2) is 5.69 Å². The molecule has 0 aromatic carbocycles. The van der Waals surface area contributed by atoms with E-state index in [1.807, 2.05) is 0 Å². The summed E-state index contributed by atoms with van der Waals surface area (Å²) in [6.07, 6.45) is 4.81. The van der Waals surface area contributed by atoms with Gasteiger partial charge in [-0.2, -0.15) is 0 Å². The van der Waals surface area contributed by atoms with Crippen molar-refractivity contribution in [3.8, 4) is 5.75 Å². The lowest BCUT2D eigenvalue weighted by atomic mass is 10.1. The first kappa shape index (κ1) is 11.9. The fraction of sp³-hybridized carbons (Fsp3) is 0.500. The number of rotatable bonds is 4. The van der Waals surface area contributed by atoms with E-state index in [0.717, 1.165) is 25.9 Å². The van der Waals surface area contributed by atoms with Crippen molar-refractivity contribution in [2.24, 2.45) is 0 Å². The number of carboxylic acids is 1. The Labute approximate surface area is 99.4 Å². The molecule has 17 heavy (non-hydrogen) atoms. The summed E-state index contributed by atoms with van der Waals surface area (Å²) in [4.78, 5) is 14.4. The van der Waals surface area contributed by atoms with Gasteiger partial charge in [-0.05, 0) is 25.3 Å².